The number of carbonyl (C=O) groups is 1. The average Bonchev–Trinajstić information content (AvgIpc) is 3.14. The summed E-state index contributed by atoms with van der Waals surface area (Å²) in [6, 6.07) is 11.2. The molecule has 1 saturated heterocycles. The van der Waals surface area contributed by atoms with Crippen LogP contribution in [0.15, 0.2) is 41.3 Å². The number of nitrogens with one attached hydrogen (secondary N) is 1. The first-order chi connectivity index (χ1) is 14.2. The third-order valence-electron chi connectivity index (χ3n) is 5.96. The molecule has 1 N–H and O–H groups in total. The van der Waals surface area contributed by atoms with E-state index in [1.807, 2.05) is 45.9 Å². The molecule has 0 aliphatic carbocycles. The third-order valence-corrected chi connectivity index (χ3v) is 7.86. The zero-order valence-electron chi connectivity index (χ0n) is 17.8. The topological polar surface area (TPSA) is 73.5 Å². The third kappa shape index (κ3) is 3.63. The Balaban J connectivity index is 1.49. The van der Waals surface area contributed by atoms with Crippen LogP contribution in [-0.4, -0.2) is 54.7 Å². The van der Waals surface area contributed by atoms with Gasteiger partial charge in [-0.25, -0.2) is 8.42 Å². The maximum atomic E-state index is 13.0. The summed E-state index contributed by atoms with van der Waals surface area (Å²) in [6.07, 6.45) is 0. The van der Waals surface area contributed by atoms with Crippen molar-refractivity contribution < 1.29 is 13.2 Å². The fourth-order valence-corrected chi connectivity index (χ4v) is 5.55. The van der Waals surface area contributed by atoms with Crippen LogP contribution in [-0.2, 0) is 10.0 Å². The Morgan fingerprint density at radius 2 is 1.57 bits per heavy atom. The Hall–Kier alpha value is -2.64. The number of sulfonamides is 1. The van der Waals surface area contributed by atoms with Crippen LogP contribution in [0.5, 0.6) is 0 Å². The number of aromatic nitrogens is 1. The van der Waals surface area contributed by atoms with E-state index in [4.69, 9.17) is 0 Å². The molecule has 7 heteroatoms. The van der Waals surface area contributed by atoms with Gasteiger partial charge in [0.05, 0.1) is 4.90 Å². The molecule has 0 unspecified atom stereocenters. The molecule has 2 aromatic carbocycles. The molecule has 1 aliphatic heterocycles. The van der Waals surface area contributed by atoms with E-state index in [0.29, 0.717) is 36.8 Å². The van der Waals surface area contributed by atoms with Gasteiger partial charge in [0.2, 0.25) is 10.0 Å². The molecule has 1 amide bonds. The van der Waals surface area contributed by atoms with Gasteiger partial charge in [0.1, 0.15) is 5.69 Å². The second kappa shape index (κ2) is 7.56. The van der Waals surface area contributed by atoms with Crippen molar-refractivity contribution in [2.75, 3.05) is 26.2 Å². The molecule has 30 heavy (non-hydrogen) atoms. The number of carbonyl (C=O) groups excluding carboxylic acids is 1. The summed E-state index contributed by atoms with van der Waals surface area (Å²) in [7, 11) is -3.56. The van der Waals surface area contributed by atoms with Gasteiger partial charge in [-0.1, -0.05) is 12.1 Å². The van der Waals surface area contributed by atoms with Crippen molar-refractivity contribution >= 4 is 26.8 Å². The lowest BCUT2D eigenvalue weighted by atomic mass is 10.1. The normalized spacial score (nSPS) is 15.7. The number of benzene rings is 2. The Morgan fingerprint density at radius 3 is 2.23 bits per heavy atom. The molecule has 1 aliphatic rings. The first-order valence-electron chi connectivity index (χ1n) is 10.1. The van der Waals surface area contributed by atoms with Crippen LogP contribution in [0.25, 0.3) is 10.9 Å². The lowest BCUT2D eigenvalue weighted by molar-refractivity contribution is 0.0693. The summed E-state index contributed by atoms with van der Waals surface area (Å²) in [6.45, 7) is 9.26. The van der Waals surface area contributed by atoms with Crippen molar-refractivity contribution in [2.24, 2.45) is 0 Å². The van der Waals surface area contributed by atoms with E-state index in [2.05, 4.69) is 11.1 Å². The van der Waals surface area contributed by atoms with E-state index in [1.54, 1.807) is 17.0 Å². The number of hydrogen-bond donors (Lipinski definition) is 1. The van der Waals surface area contributed by atoms with Gasteiger partial charge in [0.25, 0.3) is 5.91 Å². The number of H-pyrrole nitrogens is 1. The van der Waals surface area contributed by atoms with Crippen LogP contribution in [0.3, 0.4) is 0 Å². The van der Waals surface area contributed by atoms with Gasteiger partial charge < -0.3 is 9.88 Å². The maximum Gasteiger partial charge on any atom is 0.270 e. The second-order valence-electron chi connectivity index (χ2n) is 8.17. The summed E-state index contributed by atoms with van der Waals surface area (Å²) in [5, 5.41) is 1.04. The number of hydrogen-bond acceptors (Lipinski definition) is 3. The molecule has 2 heterocycles. The summed E-state index contributed by atoms with van der Waals surface area (Å²) in [5.41, 5.74) is 5.79. The second-order valence-corrected chi connectivity index (χ2v) is 10.1. The fourth-order valence-electron chi connectivity index (χ4n) is 4.04. The summed E-state index contributed by atoms with van der Waals surface area (Å²) in [5.74, 6) is -0.0912. The maximum absolute atomic E-state index is 13.0. The number of aryl methyl sites for hydroxylation is 4. The summed E-state index contributed by atoms with van der Waals surface area (Å²) < 4.78 is 27.5. The first kappa shape index (κ1) is 20.6. The average molecular weight is 426 g/mol. The number of fused-ring (bicyclic) bond motifs is 1. The quantitative estimate of drug-likeness (QED) is 0.697. The number of amides is 1. The van der Waals surface area contributed by atoms with Gasteiger partial charge in [0, 0.05) is 37.1 Å². The van der Waals surface area contributed by atoms with Crippen molar-refractivity contribution in [3.63, 3.8) is 0 Å². The lowest BCUT2D eigenvalue weighted by Crippen LogP contribution is -2.50. The molecule has 0 atom stereocenters. The minimum atomic E-state index is -3.56. The van der Waals surface area contributed by atoms with Crippen LogP contribution >= 0.6 is 0 Å². The molecule has 6 nitrogen and oxygen atoms in total. The molecule has 0 radical (unpaired) electrons. The molecular formula is C23H27N3O3S. The highest BCUT2D eigenvalue weighted by atomic mass is 32.2. The van der Waals surface area contributed by atoms with Crippen molar-refractivity contribution in [3.8, 4) is 0 Å². The van der Waals surface area contributed by atoms with E-state index < -0.39 is 10.0 Å². The predicted octanol–water partition coefficient (Wildman–Crippen LogP) is 3.55. The van der Waals surface area contributed by atoms with Crippen LogP contribution in [0.1, 0.15) is 32.7 Å². The van der Waals surface area contributed by atoms with E-state index in [-0.39, 0.29) is 5.91 Å². The molecule has 3 aromatic rings. The highest BCUT2D eigenvalue weighted by molar-refractivity contribution is 7.89. The summed E-state index contributed by atoms with van der Waals surface area (Å²) >= 11 is 0. The van der Waals surface area contributed by atoms with E-state index >= 15 is 0 Å². The number of piperazine rings is 1. The molecule has 1 aromatic heterocycles. The minimum Gasteiger partial charge on any atom is -0.351 e. The number of nitrogens with zero attached hydrogens (tertiary/aromatic N) is 2. The van der Waals surface area contributed by atoms with Gasteiger partial charge in [0.15, 0.2) is 0 Å². The standard InChI is InChI=1S/C23H27N3O3S/c1-15-11-18(4)20-14-22(24-21(20)12-15)23(27)25-7-9-26(10-8-25)30(28,29)19-6-5-16(2)17(3)13-19/h5-6,11-14,24H,7-10H2,1-4H3. The van der Waals surface area contributed by atoms with Crippen molar-refractivity contribution in [1.29, 1.82) is 0 Å². The minimum absolute atomic E-state index is 0.0912. The van der Waals surface area contributed by atoms with Gasteiger partial charge in [-0.3, -0.25) is 4.79 Å². The molecule has 158 valence electrons. The lowest BCUT2D eigenvalue weighted by Gasteiger charge is -2.33. The molecular weight excluding hydrogens is 398 g/mol. The first-order valence-corrected chi connectivity index (χ1v) is 11.6. The Kier molecular flexibility index (Phi) is 5.20. The summed E-state index contributed by atoms with van der Waals surface area (Å²) in [4.78, 5) is 18.3. The van der Waals surface area contributed by atoms with Crippen LogP contribution in [0.4, 0.5) is 0 Å². The van der Waals surface area contributed by atoms with Crippen LogP contribution < -0.4 is 0 Å². The Bertz CT molecular complexity index is 1240. The zero-order valence-corrected chi connectivity index (χ0v) is 18.6. The van der Waals surface area contributed by atoms with Gasteiger partial charge in [-0.05, 0) is 74.2 Å². The molecule has 0 spiro atoms. The largest absolute Gasteiger partial charge is 0.351 e. The molecule has 0 saturated carbocycles. The molecule has 0 bridgehead atoms. The SMILES string of the molecule is Cc1cc(C)c2cc(C(=O)N3CCN(S(=O)(=O)c4ccc(C)c(C)c4)CC3)[nH]c2c1. The van der Waals surface area contributed by atoms with Gasteiger partial charge in [-0.15, -0.1) is 0 Å². The van der Waals surface area contributed by atoms with Gasteiger partial charge >= 0.3 is 0 Å². The smallest absolute Gasteiger partial charge is 0.270 e. The number of rotatable bonds is 3. The van der Waals surface area contributed by atoms with Crippen LogP contribution in [0.2, 0.25) is 0 Å². The number of aromatic amines is 1. The van der Waals surface area contributed by atoms with Crippen molar-refractivity contribution in [1.82, 2.24) is 14.2 Å². The Labute approximate surface area is 177 Å². The van der Waals surface area contributed by atoms with E-state index in [9.17, 15) is 13.2 Å². The Morgan fingerprint density at radius 1 is 0.867 bits per heavy atom. The van der Waals surface area contributed by atoms with E-state index in [1.165, 1.54) is 4.31 Å². The van der Waals surface area contributed by atoms with Crippen LogP contribution in [0, 0.1) is 27.7 Å². The predicted molar refractivity (Wildman–Crippen MR) is 118 cm³/mol. The highest BCUT2D eigenvalue weighted by Gasteiger charge is 2.31. The molecule has 1 fully saturated rings. The van der Waals surface area contributed by atoms with Crippen molar-refractivity contribution in [3.05, 3.63) is 64.3 Å². The van der Waals surface area contributed by atoms with Gasteiger partial charge in [-0.2, -0.15) is 4.31 Å². The fraction of sp³-hybridized carbons (Fsp3) is 0.348. The van der Waals surface area contributed by atoms with E-state index in [0.717, 1.165) is 33.2 Å². The zero-order chi connectivity index (χ0) is 21.6. The molecule has 4 rings (SSSR count). The monoisotopic (exact) mass is 425 g/mol. The van der Waals surface area contributed by atoms with Crippen molar-refractivity contribution in [2.45, 2.75) is 32.6 Å². The highest BCUT2D eigenvalue weighted by Crippen LogP contribution is 2.24.